The third-order valence-electron chi connectivity index (χ3n) is 5.66. The molecule has 172 valence electrons. The first-order valence-electron chi connectivity index (χ1n) is 10.7. The fourth-order valence-corrected chi connectivity index (χ4v) is 4.37. The van der Waals surface area contributed by atoms with Gasteiger partial charge in [-0.25, -0.2) is 9.97 Å². The quantitative estimate of drug-likeness (QED) is 0.324. The lowest BCUT2D eigenvalue weighted by Crippen LogP contribution is -2.19. The van der Waals surface area contributed by atoms with Crippen LogP contribution in [0.3, 0.4) is 0 Å². The minimum Gasteiger partial charge on any atom is -0.493 e. The molecule has 0 amide bonds. The van der Waals surface area contributed by atoms with Gasteiger partial charge in [0.15, 0.2) is 17.1 Å². The summed E-state index contributed by atoms with van der Waals surface area (Å²) in [4.78, 5) is 23.6. The highest BCUT2D eigenvalue weighted by atomic mass is 35.5. The Morgan fingerprint density at radius 3 is 2.68 bits per heavy atom. The number of nitrogens with zero attached hydrogens (tertiary/aromatic N) is 4. The van der Waals surface area contributed by atoms with Crippen LogP contribution in [0.1, 0.15) is 18.5 Å². The second-order valence-corrected chi connectivity index (χ2v) is 8.21. The van der Waals surface area contributed by atoms with Gasteiger partial charge < -0.3 is 20.3 Å². The van der Waals surface area contributed by atoms with Crippen molar-refractivity contribution in [2.45, 2.75) is 12.8 Å². The van der Waals surface area contributed by atoms with E-state index in [2.05, 4.69) is 41.8 Å². The fourth-order valence-electron chi connectivity index (χ4n) is 4.11. The van der Waals surface area contributed by atoms with Crippen LogP contribution in [0.2, 0.25) is 5.02 Å². The molecule has 0 aliphatic carbocycles. The number of pyridine rings is 2. The molecule has 10 nitrogen and oxygen atoms in total. The van der Waals surface area contributed by atoms with Crippen LogP contribution in [0.25, 0.3) is 11.0 Å². The van der Waals surface area contributed by atoms with Crippen LogP contribution in [-0.4, -0.2) is 40.4 Å². The number of methoxy groups -OCH3 is 1. The first kappa shape index (κ1) is 21.6. The first-order valence-corrected chi connectivity index (χ1v) is 11.1. The molecule has 4 N–H and O–H groups in total. The number of fused-ring (bicyclic) bond motifs is 1. The predicted molar refractivity (Wildman–Crippen MR) is 132 cm³/mol. The van der Waals surface area contributed by atoms with Crippen molar-refractivity contribution in [2.24, 2.45) is 0 Å². The molecular weight excluding hydrogens is 456 g/mol. The monoisotopic (exact) mass is 476 g/mol. The first-order chi connectivity index (χ1) is 16.6. The van der Waals surface area contributed by atoms with E-state index in [0.717, 1.165) is 31.6 Å². The SMILES string of the molecule is COc1c(Cl)cccc1Nc1cc(Nc2ccc(N3CCCC3)c(C#N)n2)nc2[nH][nH]c(=O)c12. The largest absolute Gasteiger partial charge is 0.493 e. The van der Waals surface area contributed by atoms with Crippen molar-refractivity contribution in [3.05, 3.63) is 57.5 Å². The number of H-pyrrole nitrogens is 2. The maximum absolute atomic E-state index is 12.4. The lowest BCUT2D eigenvalue weighted by atomic mass is 10.2. The number of hydrogen-bond donors (Lipinski definition) is 4. The Bertz CT molecular complexity index is 1470. The maximum Gasteiger partial charge on any atom is 0.275 e. The summed E-state index contributed by atoms with van der Waals surface area (Å²) in [7, 11) is 1.52. The Kier molecular flexibility index (Phi) is 5.69. The van der Waals surface area contributed by atoms with Crippen molar-refractivity contribution in [3.63, 3.8) is 0 Å². The molecule has 3 aromatic heterocycles. The minimum absolute atomic E-state index is 0.322. The zero-order valence-electron chi connectivity index (χ0n) is 18.3. The molecule has 0 unspecified atom stereocenters. The molecule has 1 saturated heterocycles. The molecular formula is C23H21ClN8O2. The van der Waals surface area contributed by atoms with E-state index < -0.39 is 0 Å². The van der Waals surface area contributed by atoms with Gasteiger partial charge in [-0.1, -0.05) is 17.7 Å². The number of anilines is 5. The number of aromatic nitrogens is 4. The molecule has 0 saturated carbocycles. The van der Waals surface area contributed by atoms with Crippen LogP contribution in [0.4, 0.5) is 28.7 Å². The summed E-state index contributed by atoms with van der Waals surface area (Å²) in [5, 5.41) is 22.1. The van der Waals surface area contributed by atoms with Gasteiger partial charge in [0.2, 0.25) is 0 Å². The van der Waals surface area contributed by atoms with E-state index in [1.54, 1.807) is 24.3 Å². The number of rotatable bonds is 6. The van der Waals surface area contributed by atoms with E-state index in [-0.39, 0.29) is 5.56 Å². The standard InChI is InChI=1S/C23H21ClN8O2/c1-34-21-13(24)5-4-6-14(21)26-15-11-19(29-22-20(15)23(33)31-30-22)28-18-8-7-17(16(12-25)27-18)32-9-2-3-10-32/h4-8,11H,2-3,9-10H2,1H3,(H4,26,27,28,29,30,31,33). The van der Waals surface area contributed by atoms with Gasteiger partial charge in [0.05, 0.1) is 29.2 Å². The number of nitrogens with one attached hydrogen (secondary N) is 4. The van der Waals surface area contributed by atoms with Crippen LogP contribution in [0.15, 0.2) is 41.2 Å². The highest BCUT2D eigenvalue weighted by Gasteiger charge is 2.18. The average molecular weight is 477 g/mol. The zero-order chi connectivity index (χ0) is 23.7. The van der Waals surface area contributed by atoms with Crippen LogP contribution < -0.4 is 25.8 Å². The molecule has 0 spiro atoms. The second kappa shape index (κ2) is 8.96. The van der Waals surface area contributed by atoms with Crippen LogP contribution >= 0.6 is 11.6 Å². The summed E-state index contributed by atoms with van der Waals surface area (Å²) in [5.41, 5.74) is 2.30. The molecule has 0 bridgehead atoms. The Labute approximate surface area is 199 Å². The Morgan fingerprint density at radius 1 is 1.09 bits per heavy atom. The van der Waals surface area contributed by atoms with Gasteiger partial charge in [0.1, 0.15) is 23.1 Å². The summed E-state index contributed by atoms with van der Waals surface area (Å²) < 4.78 is 5.41. The number of nitriles is 1. The second-order valence-electron chi connectivity index (χ2n) is 7.80. The van der Waals surface area contributed by atoms with E-state index in [1.807, 2.05) is 12.1 Å². The van der Waals surface area contributed by atoms with Gasteiger partial charge in [-0.3, -0.25) is 15.0 Å². The van der Waals surface area contributed by atoms with Crippen LogP contribution in [0, 0.1) is 11.3 Å². The van der Waals surface area contributed by atoms with E-state index in [1.165, 1.54) is 7.11 Å². The number of benzene rings is 1. The lowest BCUT2D eigenvalue weighted by molar-refractivity contribution is 0.417. The third-order valence-corrected chi connectivity index (χ3v) is 5.96. The number of para-hydroxylation sites is 1. The van der Waals surface area contributed by atoms with E-state index in [9.17, 15) is 10.1 Å². The molecule has 1 aromatic carbocycles. The van der Waals surface area contributed by atoms with Crippen molar-refractivity contribution in [1.82, 2.24) is 20.2 Å². The number of hydrogen-bond acceptors (Lipinski definition) is 8. The molecule has 0 radical (unpaired) electrons. The topological polar surface area (TPSA) is 135 Å². The van der Waals surface area contributed by atoms with Gasteiger partial charge in [-0.2, -0.15) is 5.26 Å². The van der Waals surface area contributed by atoms with Crippen molar-refractivity contribution in [1.29, 1.82) is 5.26 Å². The smallest absolute Gasteiger partial charge is 0.275 e. The normalized spacial score (nSPS) is 13.1. The molecule has 4 aromatic rings. The molecule has 1 fully saturated rings. The molecule has 1 aliphatic heterocycles. The Balaban J connectivity index is 1.51. The predicted octanol–water partition coefficient (Wildman–Crippen LogP) is 4.27. The molecule has 0 atom stereocenters. The molecule has 11 heteroatoms. The minimum atomic E-state index is -0.322. The molecule has 4 heterocycles. The van der Waals surface area contributed by atoms with Gasteiger partial charge in [0.25, 0.3) is 5.56 Å². The Morgan fingerprint density at radius 2 is 1.91 bits per heavy atom. The van der Waals surface area contributed by atoms with Crippen molar-refractivity contribution >= 4 is 51.3 Å². The zero-order valence-corrected chi connectivity index (χ0v) is 19.0. The van der Waals surface area contributed by atoms with E-state index in [4.69, 9.17) is 16.3 Å². The molecule has 5 rings (SSSR count). The van der Waals surface area contributed by atoms with Crippen molar-refractivity contribution < 1.29 is 4.74 Å². The van der Waals surface area contributed by atoms with Gasteiger partial charge in [0, 0.05) is 19.2 Å². The van der Waals surface area contributed by atoms with Crippen molar-refractivity contribution in [2.75, 3.05) is 35.7 Å². The van der Waals surface area contributed by atoms with E-state index in [0.29, 0.717) is 50.5 Å². The number of aromatic amines is 2. The summed E-state index contributed by atoms with van der Waals surface area (Å²) >= 11 is 6.25. The summed E-state index contributed by atoms with van der Waals surface area (Å²) in [5.74, 6) is 1.35. The van der Waals surface area contributed by atoms with Crippen LogP contribution in [-0.2, 0) is 0 Å². The van der Waals surface area contributed by atoms with Gasteiger partial charge in [-0.05, 0) is 37.1 Å². The average Bonchev–Trinajstić information content (AvgIpc) is 3.50. The lowest BCUT2D eigenvalue weighted by Gasteiger charge is -2.19. The molecule has 1 aliphatic rings. The summed E-state index contributed by atoms with van der Waals surface area (Å²) in [6, 6.07) is 12.9. The highest BCUT2D eigenvalue weighted by Crippen LogP contribution is 2.36. The van der Waals surface area contributed by atoms with Crippen LogP contribution in [0.5, 0.6) is 5.75 Å². The fraction of sp³-hybridized carbons (Fsp3) is 0.217. The highest BCUT2D eigenvalue weighted by molar-refractivity contribution is 6.32. The Hall–Kier alpha value is -4.23. The number of halogens is 1. The van der Waals surface area contributed by atoms with Crippen molar-refractivity contribution in [3.8, 4) is 11.8 Å². The summed E-state index contributed by atoms with van der Waals surface area (Å²) in [6.45, 7) is 1.84. The van der Waals surface area contributed by atoms with E-state index >= 15 is 0 Å². The maximum atomic E-state index is 12.4. The third kappa shape index (κ3) is 3.97. The molecule has 34 heavy (non-hydrogen) atoms. The summed E-state index contributed by atoms with van der Waals surface area (Å²) in [6.07, 6.45) is 2.22. The van der Waals surface area contributed by atoms with Gasteiger partial charge in [-0.15, -0.1) is 0 Å². The van der Waals surface area contributed by atoms with Gasteiger partial charge >= 0.3 is 0 Å². The number of ether oxygens (including phenoxy) is 1.